The number of nitrogens with two attached hydrogens (primary N) is 1. The molecule has 0 spiro atoms. The lowest BCUT2D eigenvalue weighted by atomic mass is 9.82. The van der Waals surface area contributed by atoms with Crippen molar-refractivity contribution in [3.8, 4) is 0 Å². The molecule has 2 aromatic heterocycles. The minimum Gasteiger partial charge on any atom is -0.480 e. The predicted octanol–water partition coefficient (Wildman–Crippen LogP) is 1.75. The van der Waals surface area contributed by atoms with Crippen LogP contribution in [-0.4, -0.2) is 71.6 Å². The SMILES string of the molecule is CC(=O)c1nn(CC(=O)N2[C@H](C(=O)O)C[C@@]3(CO)C[C@]23[C@@]2(C(N)=O)C[C@@H]2c2ccccc2Cl)c2cnccc12. The second kappa shape index (κ2) is 8.33. The van der Waals surface area contributed by atoms with Gasteiger partial charge in [-0.2, -0.15) is 5.10 Å². The lowest BCUT2D eigenvalue weighted by molar-refractivity contribution is -0.154. The lowest BCUT2D eigenvalue weighted by Crippen LogP contribution is -2.57. The number of hydrogen-bond acceptors (Lipinski definition) is 7. The van der Waals surface area contributed by atoms with Gasteiger partial charge in [0.25, 0.3) is 0 Å². The Bertz CT molecular complexity index is 1590. The van der Waals surface area contributed by atoms with Crippen molar-refractivity contribution < 1.29 is 29.4 Å². The molecule has 4 N–H and O–H groups in total. The van der Waals surface area contributed by atoms with Gasteiger partial charge in [0.05, 0.1) is 29.3 Å². The Hall–Kier alpha value is -3.83. The molecule has 2 saturated carbocycles. The average molecular weight is 552 g/mol. The van der Waals surface area contributed by atoms with Crippen LogP contribution in [0.15, 0.2) is 42.7 Å². The molecule has 5 atom stereocenters. The fourth-order valence-electron chi connectivity index (χ4n) is 7.37. The van der Waals surface area contributed by atoms with Crippen LogP contribution in [0, 0.1) is 10.8 Å². The van der Waals surface area contributed by atoms with Gasteiger partial charge in [-0.1, -0.05) is 29.8 Å². The van der Waals surface area contributed by atoms with Gasteiger partial charge >= 0.3 is 5.97 Å². The molecule has 1 aliphatic heterocycles. The van der Waals surface area contributed by atoms with Crippen molar-refractivity contribution in [1.29, 1.82) is 0 Å². The van der Waals surface area contributed by atoms with Gasteiger partial charge in [0, 0.05) is 34.9 Å². The van der Waals surface area contributed by atoms with Crippen LogP contribution in [0.4, 0.5) is 0 Å². The van der Waals surface area contributed by atoms with E-state index in [1.165, 1.54) is 28.9 Å². The first-order valence-corrected chi connectivity index (χ1v) is 12.9. The first-order chi connectivity index (χ1) is 18.5. The number of pyridine rings is 1. The van der Waals surface area contributed by atoms with Crippen LogP contribution in [0.1, 0.15) is 48.2 Å². The van der Waals surface area contributed by atoms with E-state index in [4.69, 9.17) is 17.3 Å². The molecule has 3 aliphatic rings. The number of halogens is 1. The second-order valence-corrected chi connectivity index (χ2v) is 11.3. The minimum atomic E-state index is -1.31. The van der Waals surface area contributed by atoms with Crippen LogP contribution in [0.25, 0.3) is 10.9 Å². The molecular formula is C27H26ClN5O6. The number of aliphatic hydroxyl groups excluding tert-OH is 1. The highest BCUT2D eigenvalue weighted by molar-refractivity contribution is 6.31. The Morgan fingerprint density at radius 2 is 1.92 bits per heavy atom. The summed E-state index contributed by atoms with van der Waals surface area (Å²) in [4.78, 5) is 57.4. The summed E-state index contributed by atoms with van der Waals surface area (Å²) in [5.41, 5.74) is 3.72. The Kier molecular flexibility index (Phi) is 5.44. The summed E-state index contributed by atoms with van der Waals surface area (Å²) in [6.45, 7) is 0.560. The smallest absolute Gasteiger partial charge is 0.326 e. The zero-order chi connectivity index (χ0) is 27.9. The van der Waals surface area contributed by atoms with Gasteiger partial charge in [-0.15, -0.1) is 0 Å². The molecule has 39 heavy (non-hydrogen) atoms. The summed E-state index contributed by atoms with van der Waals surface area (Å²) in [7, 11) is 0. The van der Waals surface area contributed by atoms with Crippen LogP contribution in [0.3, 0.4) is 0 Å². The van der Waals surface area contributed by atoms with Gasteiger partial charge in [0.15, 0.2) is 5.78 Å². The first kappa shape index (κ1) is 25.4. The second-order valence-electron chi connectivity index (χ2n) is 10.9. The van der Waals surface area contributed by atoms with E-state index < -0.39 is 59.3 Å². The van der Waals surface area contributed by atoms with Crippen LogP contribution in [-0.2, 0) is 20.9 Å². The number of aliphatic hydroxyl groups is 1. The minimum absolute atomic E-state index is 0.0189. The number of ketones is 1. The third kappa shape index (κ3) is 3.20. The third-order valence-corrected chi connectivity index (χ3v) is 9.45. The Labute approximate surface area is 227 Å². The molecule has 202 valence electrons. The number of Topliss-reactive ketones (excluding diaryl/α,β-unsaturated/α-hetero) is 1. The van der Waals surface area contributed by atoms with Gasteiger partial charge in [-0.3, -0.25) is 24.0 Å². The standard InChI is InChI=1S/C27H26ClN5O6/c1-14(35)22-16-6-7-30-10-20(16)32(31-22)11-21(36)33-19(23(37)38)9-25(13-34)12-27(25,33)26(24(29)39)8-17(26)15-4-2-3-5-18(15)28/h2-7,10,17,19,34H,8-9,11-13H2,1H3,(H2,29,39)(H,37,38)/t17-,19+,25+,26+,27+/m1/s1. The highest BCUT2D eigenvalue weighted by atomic mass is 35.5. The fraction of sp³-hybridized carbons (Fsp3) is 0.407. The van der Waals surface area contributed by atoms with Gasteiger partial charge in [0.2, 0.25) is 11.8 Å². The number of carbonyl (C=O) groups is 4. The number of fused-ring (bicyclic) bond motifs is 2. The maximum Gasteiger partial charge on any atom is 0.326 e. The van der Waals surface area contributed by atoms with E-state index >= 15 is 0 Å². The van der Waals surface area contributed by atoms with Crippen molar-refractivity contribution in [2.75, 3.05) is 6.61 Å². The number of hydrogen-bond donors (Lipinski definition) is 3. The summed E-state index contributed by atoms with van der Waals surface area (Å²) in [6, 6.07) is 7.38. The monoisotopic (exact) mass is 551 g/mol. The highest BCUT2D eigenvalue weighted by Crippen LogP contribution is 2.84. The number of carboxylic acids is 1. The fourth-order valence-corrected chi connectivity index (χ4v) is 7.64. The number of likely N-dealkylation sites (tertiary alicyclic amines) is 1. The quantitative estimate of drug-likeness (QED) is 0.356. The predicted molar refractivity (Wildman–Crippen MR) is 138 cm³/mol. The van der Waals surface area contributed by atoms with Crippen molar-refractivity contribution >= 4 is 46.1 Å². The van der Waals surface area contributed by atoms with E-state index in [-0.39, 0.29) is 30.7 Å². The number of rotatable bonds is 8. The number of carbonyl (C=O) groups excluding carboxylic acids is 3. The van der Waals surface area contributed by atoms with Gasteiger partial charge in [-0.05, 0) is 37.0 Å². The molecule has 6 rings (SSSR count). The topological polar surface area (TPSA) is 169 Å². The summed E-state index contributed by atoms with van der Waals surface area (Å²) < 4.78 is 1.32. The van der Waals surface area contributed by atoms with E-state index in [1.54, 1.807) is 30.3 Å². The maximum absolute atomic E-state index is 14.1. The molecule has 11 nitrogen and oxygen atoms in total. The molecule has 1 aromatic carbocycles. The van der Waals surface area contributed by atoms with E-state index in [9.17, 15) is 29.4 Å². The molecule has 2 aliphatic carbocycles. The molecule has 0 radical (unpaired) electrons. The molecule has 0 unspecified atom stereocenters. The first-order valence-electron chi connectivity index (χ1n) is 12.6. The van der Waals surface area contributed by atoms with Crippen molar-refractivity contribution in [2.45, 2.75) is 50.2 Å². The average Bonchev–Trinajstić information content (AvgIpc) is 3.74. The van der Waals surface area contributed by atoms with Crippen LogP contribution in [0.2, 0.25) is 5.02 Å². The van der Waals surface area contributed by atoms with Gasteiger partial charge in [-0.25, -0.2) is 4.79 Å². The zero-order valence-electron chi connectivity index (χ0n) is 21.0. The molecular weight excluding hydrogens is 526 g/mol. The van der Waals surface area contributed by atoms with E-state index in [2.05, 4.69) is 10.1 Å². The molecule has 1 saturated heterocycles. The third-order valence-electron chi connectivity index (χ3n) is 9.10. The summed E-state index contributed by atoms with van der Waals surface area (Å²) >= 11 is 6.47. The Balaban J connectivity index is 1.46. The number of primary amides is 1. The number of piperidine rings is 1. The highest BCUT2D eigenvalue weighted by Gasteiger charge is 2.91. The lowest BCUT2D eigenvalue weighted by Gasteiger charge is -2.38. The summed E-state index contributed by atoms with van der Waals surface area (Å²) in [5.74, 6) is -3.26. The van der Waals surface area contributed by atoms with Gasteiger partial charge in [0.1, 0.15) is 18.3 Å². The number of carboxylic acid groups (broad SMARTS) is 1. The Morgan fingerprint density at radius 1 is 1.18 bits per heavy atom. The number of benzene rings is 1. The van der Waals surface area contributed by atoms with Crippen molar-refractivity contribution in [2.24, 2.45) is 16.6 Å². The molecule has 0 bridgehead atoms. The zero-order valence-corrected chi connectivity index (χ0v) is 21.8. The molecule has 3 aromatic rings. The normalized spacial score (nSPS) is 30.7. The maximum atomic E-state index is 14.1. The summed E-state index contributed by atoms with van der Waals surface area (Å²) in [6.07, 6.45) is 3.47. The number of aliphatic carboxylic acids is 1. The van der Waals surface area contributed by atoms with E-state index in [0.29, 0.717) is 21.5 Å². The van der Waals surface area contributed by atoms with Crippen molar-refractivity contribution in [1.82, 2.24) is 19.7 Å². The number of amides is 2. The van der Waals surface area contributed by atoms with Crippen LogP contribution >= 0.6 is 11.6 Å². The van der Waals surface area contributed by atoms with E-state index in [0.717, 1.165) is 0 Å². The van der Waals surface area contributed by atoms with Crippen molar-refractivity contribution in [3.63, 3.8) is 0 Å². The Morgan fingerprint density at radius 3 is 2.56 bits per heavy atom. The van der Waals surface area contributed by atoms with Crippen LogP contribution in [0.5, 0.6) is 0 Å². The largest absolute Gasteiger partial charge is 0.480 e. The van der Waals surface area contributed by atoms with Crippen LogP contribution < -0.4 is 5.73 Å². The molecule has 3 heterocycles. The van der Waals surface area contributed by atoms with Crippen molar-refractivity contribution in [3.05, 3.63) is 59.0 Å². The molecule has 12 heteroatoms. The summed E-state index contributed by atoms with van der Waals surface area (Å²) in [5, 5.41) is 26.0. The number of nitrogens with zero attached hydrogens (tertiary/aromatic N) is 4. The molecule has 2 amide bonds. The van der Waals surface area contributed by atoms with Gasteiger partial charge < -0.3 is 20.8 Å². The van der Waals surface area contributed by atoms with E-state index in [1.807, 2.05) is 0 Å². The molecule has 3 fully saturated rings. The number of aromatic nitrogens is 3.